The predicted molar refractivity (Wildman–Crippen MR) is 109 cm³/mol. The van der Waals surface area contributed by atoms with E-state index in [9.17, 15) is 9.59 Å². The summed E-state index contributed by atoms with van der Waals surface area (Å²) in [5.41, 5.74) is 0.158. The van der Waals surface area contributed by atoms with Crippen LogP contribution in [0, 0.1) is 5.92 Å². The number of hydrogen-bond donors (Lipinski definition) is 1. The fourth-order valence-corrected chi connectivity index (χ4v) is 3.26. The maximum atomic E-state index is 12.7. The van der Waals surface area contributed by atoms with Crippen molar-refractivity contribution in [3.05, 3.63) is 12.4 Å². The van der Waals surface area contributed by atoms with Gasteiger partial charge in [0.25, 0.3) is 0 Å². The molecule has 1 aliphatic heterocycles. The lowest BCUT2D eigenvalue weighted by Gasteiger charge is -2.33. The number of likely N-dealkylation sites (tertiary alicyclic amines) is 1. The summed E-state index contributed by atoms with van der Waals surface area (Å²) in [6, 6.07) is 0. The van der Waals surface area contributed by atoms with E-state index < -0.39 is 5.60 Å². The van der Waals surface area contributed by atoms with Crippen LogP contribution in [0.25, 0.3) is 0 Å². The van der Waals surface area contributed by atoms with Gasteiger partial charge in [0.1, 0.15) is 5.60 Å². The lowest BCUT2D eigenvalue weighted by Crippen LogP contribution is -2.45. The van der Waals surface area contributed by atoms with E-state index in [2.05, 4.69) is 29.2 Å². The van der Waals surface area contributed by atoms with Crippen LogP contribution in [0.15, 0.2) is 12.4 Å². The van der Waals surface area contributed by atoms with Crippen LogP contribution in [0.5, 0.6) is 0 Å². The molecule has 2 rings (SSSR count). The van der Waals surface area contributed by atoms with E-state index in [0.717, 1.165) is 39.0 Å². The summed E-state index contributed by atoms with van der Waals surface area (Å²) < 4.78 is 7.28. The molecule has 1 fully saturated rings. The number of rotatable bonds is 7. The van der Waals surface area contributed by atoms with E-state index in [0.29, 0.717) is 18.8 Å². The topological polar surface area (TPSA) is 79.7 Å². The molecular formula is C20H35N5O3. The summed E-state index contributed by atoms with van der Waals surface area (Å²) in [6.45, 7) is 14.6. The van der Waals surface area contributed by atoms with Gasteiger partial charge in [-0.25, -0.2) is 4.79 Å². The highest BCUT2D eigenvalue weighted by molar-refractivity contribution is 5.92. The molecule has 158 valence electrons. The standard InChI is InChI=1S/C20H35N5O3/c1-6-23(7-2)11-12-25-15-17(13-21-25)22-18(26)16-9-8-10-24(14-16)19(27)28-20(3,4)5/h13,15-16H,6-12,14H2,1-5H3,(H,22,26). The molecule has 0 aromatic carbocycles. The molecule has 0 radical (unpaired) electrons. The van der Waals surface area contributed by atoms with Gasteiger partial charge in [0.15, 0.2) is 0 Å². The van der Waals surface area contributed by atoms with Crippen molar-refractivity contribution in [1.29, 1.82) is 0 Å². The molecule has 1 atom stereocenters. The first-order valence-electron chi connectivity index (χ1n) is 10.3. The second kappa shape index (κ2) is 9.91. The minimum Gasteiger partial charge on any atom is -0.444 e. The lowest BCUT2D eigenvalue weighted by atomic mass is 9.97. The highest BCUT2D eigenvalue weighted by atomic mass is 16.6. The Morgan fingerprint density at radius 2 is 2.04 bits per heavy atom. The molecule has 1 saturated heterocycles. The molecule has 2 amide bonds. The fourth-order valence-electron chi connectivity index (χ4n) is 3.26. The molecule has 1 aromatic rings. The van der Waals surface area contributed by atoms with Crippen LogP contribution in [-0.4, -0.2) is 69.9 Å². The number of likely N-dealkylation sites (N-methyl/N-ethyl adjacent to an activating group) is 1. The molecule has 0 saturated carbocycles. The van der Waals surface area contributed by atoms with Crippen LogP contribution in [0.4, 0.5) is 10.5 Å². The number of ether oxygens (including phenoxy) is 1. The van der Waals surface area contributed by atoms with Gasteiger partial charge < -0.3 is 19.9 Å². The maximum Gasteiger partial charge on any atom is 0.410 e. The Balaban J connectivity index is 1.86. The van der Waals surface area contributed by atoms with Gasteiger partial charge in [0.2, 0.25) is 5.91 Å². The van der Waals surface area contributed by atoms with Gasteiger partial charge in [0.05, 0.1) is 24.3 Å². The van der Waals surface area contributed by atoms with E-state index in [4.69, 9.17) is 4.74 Å². The Hall–Kier alpha value is -2.09. The monoisotopic (exact) mass is 393 g/mol. The molecule has 8 nitrogen and oxygen atoms in total. The van der Waals surface area contributed by atoms with Crippen molar-refractivity contribution in [3.8, 4) is 0 Å². The molecule has 1 aromatic heterocycles. The van der Waals surface area contributed by atoms with Crippen molar-refractivity contribution in [2.24, 2.45) is 5.92 Å². The van der Waals surface area contributed by atoms with Crippen molar-refractivity contribution >= 4 is 17.7 Å². The average molecular weight is 394 g/mol. The second-order valence-corrected chi connectivity index (χ2v) is 8.27. The smallest absolute Gasteiger partial charge is 0.410 e. The maximum absolute atomic E-state index is 12.7. The number of nitrogens with zero attached hydrogens (tertiary/aromatic N) is 4. The van der Waals surface area contributed by atoms with Crippen LogP contribution < -0.4 is 5.32 Å². The lowest BCUT2D eigenvalue weighted by molar-refractivity contribution is -0.121. The van der Waals surface area contributed by atoms with E-state index in [1.54, 1.807) is 11.1 Å². The molecule has 0 bridgehead atoms. The Morgan fingerprint density at radius 1 is 1.32 bits per heavy atom. The second-order valence-electron chi connectivity index (χ2n) is 8.27. The Labute approximate surface area is 168 Å². The summed E-state index contributed by atoms with van der Waals surface area (Å²) in [6.07, 6.45) is 4.74. The van der Waals surface area contributed by atoms with Crippen molar-refractivity contribution in [3.63, 3.8) is 0 Å². The van der Waals surface area contributed by atoms with Crippen LogP contribution >= 0.6 is 0 Å². The van der Waals surface area contributed by atoms with Gasteiger partial charge in [0, 0.05) is 25.8 Å². The van der Waals surface area contributed by atoms with Gasteiger partial charge in [-0.3, -0.25) is 9.48 Å². The summed E-state index contributed by atoms with van der Waals surface area (Å²) in [7, 11) is 0. The highest BCUT2D eigenvalue weighted by Gasteiger charge is 2.31. The van der Waals surface area contributed by atoms with Gasteiger partial charge in [-0.1, -0.05) is 13.8 Å². The average Bonchev–Trinajstić information content (AvgIpc) is 3.08. The summed E-state index contributed by atoms with van der Waals surface area (Å²) in [4.78, 5) is 28.9. The van der Waals surface area contributed by atoms with Crippen molar-refractivity contribution in [2.45, 2.75) is 59.6 Å². The number of anilines is 1. The van der Waals surface area contributed by atoms with E-state index in [-0.39, 0.29) is 17.9 Å². The zero-order valence-corrected chi connectivity index (χ0v) is 17.9. The number of carbonyl (C=O) groups is 2. The zero-order valence-electron chi connectivity index (χ0n) is 17.9. The molecular weight excluding hydrogens is 358 g/mol. The normalized spacial score (nSPS) is 17.6. The Morgan fingerprint density at radius 3 is 2.68 bits per heavy atom. The van der Waals surface area contributed by atoms with Gasteiger partial charge in [-0.2, -0.15) is 5.10 Å². The fraction of sp³-hybridized carbons (Fsp3) is 0.750. The number of hydrogen-bond acceptors (Lipinski definition) is 5. The molecule has 1 unspecified atom stereocenters. The highest BCUT2D eigenvalue weighted by Crippen LogP contribution is 2.21. The van der Waals surface area contributed by atoms with Crippen molar-refractivity contribution < 1.29 is 14.3 Å². The third-order valence-corrected chi connectivity index (χ3v) is 4.88. The van der Waals surface area contributed by atoms with E-state index >= 15 is 0 Å². The summed E-state index contributed by atoms with van der Waals surface area (Å²) in [5.74, 6) is -0.308. The SMILES string of the molecule is CCN(CC)CCn1cc(NC(=O)C2CCCN(C(=O)OC(C)(C)C)C2)cn1. The Bertz CT molecular complexity index is 649. The molecule has 0 spiro atoms. The minimum absolute atomic E-state index is 0.0726. The minimum atomic E-state index is -0.536. The molecule has 8 heteroatoms. The largest absolute Gasteiger partial charge is 0.444 e. The van der Waals surface area contributed by atoms with Gasteiger partial charge in [-0.05, 0) is 46.7 Å². The Kier molecular flexibility index (Phi) is 7.86. The van der Waals surface area contributed by atoms with Gasteiger partial charge in [-0.15, -0.1) is 0 Å². The molecule has 1 N–H and O–H groups in total. The van der Waals surface area contributed by atoms with Crippen LogP contribution in [0.2, 0.25) is 0 Å². The first-order valence-corrected chi connectivity index (χ1v) is 10.3. The van der Waals surface area contributed by atoms with Crippen LogP contribution in [0.1, 0.15) is 47.5 Å². The first kappa shape index (κ1) is 22.2. The zero-order chi connectivity index (χ0) is 20.7. The first-order chi connectivity index (χ1) is 13.2. The quantitative estimate of drug-likeness (QED) is 0.771. The number of piperidine rings is 1. The number of nitrogens with one attached hydrogen (secondary N) is 1. The van der Waals surface area contributed by atoms with Crippen LogP contribution in [-0.2, 0) is 16.1 Å². The third-order valence-electron chi connectivity index (χ3n) is 4.88. The third kappa shape index (κ3) is 6.82. The molecule has 0 aliphatic carbocycles. The van der Waals surface area contributed by atoms with E-state index in [1.165, 1.54) is 0 Å². The predicted octanol–water partition coefficient (Wildman–Crippen LogP) is 2.81. The number of aromatic nitrogens is 2. The molecule has 1 aliphatic rings. The molecule has 2 heterocycles. The van der Waals surface area contributed by atoms with Gasteiger partial charge >= 0.3 is 6.09 Å². The van der Waals surface area contributed by atoms with Crippen molar-refractivity contribution in [1.82, 2.24) is 19.6 Å². The molecule has 28 heavy (non-hydrogen) atoms. The summed E-state index contributed by atoms with van der Waals surface area (Å²) >= 11 is 0. The number of carbonyl (C=O) groups excluding carboxylic acids is 2. The van der Waals surface area contributed by atoms with E-state index in [1.807, 2.05) is 31.6 Å². The summed E-state index contributed by atoms with van der Waals surface area (Å²) in [5, 5.41) is 7.27. The van der Waals surface area contributed by atoms with Crippen molar-refractivity contribution in [2.75, 3.05) is 38.0 Å². The van der Waals surface area contributed by atoms with Crippen LogP contribution in [0.3, 0.4) is 0 Å². The number of amides is 2.